The molecule has 3 aliphatic rings. The number of hydrogen-bond donors (Lipinski definition) is 2. The Kier molecular flexibility index (Phi) is 6.54. The Morgan fingerprint density at radius 2 is 1.92 bits per heavy atom. The van der Waals surface area contributed by atoms with Gasteiger partial charge in [-0.2, -0.15) is 18.4 Å². The van der Waals surface area contributed by atoms with Crippen molar-refractivity contribution in [2.45, 2.75) is 58.7 Å². The van der Waals surface area contributed by atoms with Gasteiger partial charge in [0.25, 0.3) is 0 Å². The van der Waals surface area contributed by atoms with Gasteiger partial charge < -0.3 is 19.9 Å². The number of nitrogens with one attached hydrogen (secondary N) is 2. The van der Waals surface area contributed by atoms with Gasteiger partial charge in [-0.25, -0.2) is 4.79 Å². The van der Waals surface area contributed by atoms with E-state index in [9.17, 15) is 28.0 Å². The summed E-state index contributed by atoms with van der Waals surface area (Å²) in [5.74, 6) is -0.688. The number of Topliss-reactive ketones (excluding diaryl/α,β-unsaturated/α-hetero) is 1. The first kappa shape index (κ1) is 26.3. The second-order valence-electron chi connectivity index (χ2n) is 11.4. The first-order chi connectivity index (χ1) is 17.9. The minimum Gasteiger partial charge on any atom is -0.461 e. The average molecular weight is 529 g/mol. The van der Waals surface area contributed by atoms with Gasteiger partial charge in [-0.1, -0.05) is 13.8 Å². The van der Waals surface area contributed by atoms with Crippen LogP contribution in [0.5, 0.6) is 0 Å². The number of carbonyl (C=O) groups excluding carboxylic acids is 2. The van der Waals surface area contributed by atoms with Gasteiger partial charge in [0.05, 0.1) is 29.0 Å². The minimum absolute atomic E-state index is 0.0611. The van der Waals surface area contributed by atoms with Gasteiger partial charge in [0.2, 0.25) is 0 Å². The third-order valence-electron chi connectivity index (χ3n) is 7.98. The van der Waals surface area contributed by atoms with Crippen LogP contribution in [0.3, 0.4) is 0 Å². The van der Waals surface area contributed by atoms with Crippen molar-refractivity contribution in [1.29, 1.82) is 5.26 Å². The molecule has 2 N–H and O–H groups in total. The minimum atomic E-state index is -4.95. The van der Waals surface area contributed by atoms with Gasteiger partial charge in [-0.15, -0.1) is 0 Å². The smallest absolute Gasteiger partial charge is 0.419 e. The predicted octanol–water partition coefficient (Wildman–Crippen LogP) is 5.11. The van der Waals surface area contributed by atoms with Gasteiger partial charge in [0.15, 0.2) is 5.78 Å². The van der Waals surface area contributed by atoms with E-state index in [1.54, 1.807) is 12.1 Å². The van der Waals surface area contributed by atoms with Crippen molar-refractivity contribution in [3.63, 3.8) is 0 Å². The van der Waals surface area contributed by atoms with Crippen molar-refractivity contribution in [3.8, 4) is 11.8 Å². The van der Waals surface area contributed by atoms with E-state index in [4.69, 9.17) is 4.74 Å². The monoisotopic (exact) mass is 528 g/mol. The summed E-state index contributed by atoms with van der Waals surface area (Å²) in [5, 5.41) is 16.6. The highest BCUT2D eigenvalue weighted by Gasteiger charge is 2.48. The summed E-state index contributed by atoms with van der Waals surface area (Å²) in [7, 11) is 0. The molecule has 1 aromatic heterocycles. The van der Waals surface area contributed by atoms with E-state index in [0.717, 1.165) is 25.9 Å². The predicted molar refractivity (Wildman–Crippen MR) is 134 cm³/mol. The number of ketones is 1. The van der Waals surface area contributed by atoms with E-state index in [-0.39, 0.29) is 36.9 Å². The van der Waals surface area contributed by atoms with E-state index in [1.807, 2.05) is 13.8 Å². The van der Waals surface area contributed by atoms with Gasteiger partial charge >= 0.3 is 12.1 Å². The number of benzene rings is 1. The van der Waals surface area contributed by atoms with Crippen LogP contribution in [0.25, 0.3) is 5.69 Å². The van der Waals surface area contributed by atoms with Crippen LogP contribution in [-0.2, 0) is 17.3 Å². The van der Waals surface area contributed by atoms with Crippen molar-refractivity contribution < 1.29 is 27.5 Å². The molecule has 2 atom stereocenters. The van der Waals surface area contributed by atoms with Crippen LogP contribution < -0.4 is 10.6 Å². The van der Waals surface area contributed by atoms with Crippen molar-refractivity contribution in [2.24, 2.45) is 17.3 Å². The normalized spacial score (nSPS) is 24.0. The Bertz CT molecular complexity index is 1330. The lowest BCUT2D eigenvalue weighted by atomic mass is 9.75. The molecule has 202 valence electrons. The summed E-state index contributed by atoms with van der Waals surface area (Å²) in [6, 6.07) is 6.96. The first-order valence-electron chi connectivity index (χ1n) is 13.0. The fraction of sp³-hybridized carbons (Fsp3) is 0.536. The maximum Gasteiger partial charge on any atom is 0.419 e. The highest BCUT2D eigenvalue weighted by atomic mass is 19.4. The SMILES string of the molecule is CCOC(=O)c1c(C(F)(F)F)c2c(n1-c1ccc(C#N)c(NC3CC4CNCC4C3)c1)CC(C)(C)CC2=O. The fourth-order valence-corrected chi connectivity index (χ4v) is 6.47. The van der Waals surface area contributed by atoms with Crippen LogP contribution in [0.4, 0.5) is 18.9 Å². The molecule has 2 heterocycles. The molecule has 1 saturated carbocycles. The molecule has 0 radical (unpaired) electrons. The summed E-state index contributed by atoms with van der Waals surface area (Å²) in [6.07, 6.45) is -2.98. The second-order valence-corrected chi connectivity index (χ2v) is 11.4. The third kappa shape index (κ3) is 4.57. The Balaban J connectivity index is 1.68. The van der Waals surface area contributed by atoms with E-state index < -0.39 is 40.2 Å². The van der Waals surface area contributed by atoms with Gasteiger partial charge in [0.1, 0.15) is 11.8 Å². The summed E-state index contributed by atoms with van der Waals surface area (Å²) < 4.78 is 49.7. The molecule has 1 aliphatic heterocycles. The standard InChI is InChI=1S/C28H31F3N4O3/c1-4-38-26(37)25-24(28(29,30)31)23-21(10-27(2,3)11-22(23)36)35(25)19-6-5-15(12-32)20(9-19)34-18-7-16-13-33-14-17(16)8-18/h5-6,9,16-18,33-34H,4,7-8,10-11,13-14H2,1-3H3. The lowest BCUT2D eigenvalue weighted by Gasteiger charge is -2.30. The van der Waals surface area contributed by atoms with Crippen LogP contribution in [0, 0.1) is 28.6 Å². The molecule has 7 nitrogen and oxygen atoms in total. The van der Waals surface area contributed by atoms with Crippen molar-refractivity contribution in [1.82, 2.24) is 9.88 Å². The molecular weight excluding hydrogens is 497 g/mol. The van der Waals surface area contributed by atoms with Crippen LogP contribution >= 0.6 is 0 Å². The topological polar surface area (TPSA) is 96.2 Å². The fourth-order valence-electron chi connectivity index (χ4n) is 6.47. The number of ether oxygens (including phenoxy) is 1. The Labute approximate surface area is 219 Å². The van der Waals surface area contributed by atoms with E-state index in [1.165, 1.54) is 17.6 Å². The maximum atomic E-state index is 14.5. The zero-order valence-electron chi connectivity index (χ0n) is 21.7. The van der Waals surface area contributed by atoms with Crippen LogP contribution in [0.1, 0.15) is 77.7 Å². The third-order valence-corrected chi connectivity index (χ3v) is 7.98. The molecule has 0 bridgehead atoms. The van der Waals surface area contributed by atoms with Crippen molar-refractivity contribution in [3.05, 3.63) is 46.3 Å². The lowest BCUT2D eigenvalue weighted by molar-refractivity contribution is -0.138. The lowest BCUT2D eigenvalue weighted by Crippen LogP contribution is -2.29. The molecule has 38 heavy (non-hydrogen) atoms. The summed E-state index contributed by atoms with van der Waals surface area (Å²) >= 11 is 0. The van der Waals surface area contributed by atoms with Gasteiger partial charge in [-0.05, 0) is 74.7 Å². The number of nitriles is 1. The average Bonchev–Trinajstić information content (AvgIpc) is 3.50. The number of aromatic nitrogens is 1. The van der Waals surface area contributed by atoms with Gasteiger partial charge in [-0.3, -0.25) is 4.79 Å². The number of alkyl halides is 3. The molecule has 1 aromatic carbocycles. The number of rotatable bonds is 5. The summed E-state index contributed by atoms with van der Waals surface area (Å²) in [6.45, 7) is 6.94. The van der Waals surface area contributed by atoms with E-state index in [0.29, 0.717) is 23.1 Å². The number of carbonyl (C=O) groups is 2. The van der Waals surface area contributed by atoms with Crippen LogP contribution in [-0.4, -0.2) is 42.1 Å². The molecule has 0 amide bonds. The molecule has 10 heteroatoms. The Morgan fingerprint density at radius 3 is 2.53 bits per heavy atom. The van der Waals surface area contributed by atoms with Gasteiger partial charge in [0, 0.05) is 23.8 Å². The quantitative estimate of drug-likeness (QED) is 0.524. The molecular formula is C28H31F3N4O3. The molecule has 1 saturated heterocycles. The van der Waals surface area contributed by atoms with E-state index >= 15 is 0 Å². The van der Waals surface area contributed by atoms with E-state index in [2.05, 4.69) is 16.7 Å². The zero-order chi connectivity index (χ0) is 27.4. The number of esters is 1. The maximum absolute atomic E-state index is 14.5. The zero-order valence-corrected chi connectivity index (χ0v) is 21.7. The molecule has 2 aromatic rings. The number of anilines is 1. The number of halogens is 3. The molecule has 2 unspecified atom stereocenters. The molecule has 0 spiro atoms. The molecule has 5 rings (SSSR count). The van der Waals surface area contributed by atoms with Crippen LogP contribution in [0.15, 0.2) is 18.2 Å². The van der Waals surface area contributed by atoms with Crippen molar-refractivity contribution in [2.75, 3.05) is 25.0 Å². The first-order valence-corrected chi connectivity index (χ1v) is 13.0. The summed E-state index contributed by atoms with van der Waals surface area (Å²) in [4.78, 5) is 26.2. The number of nitrogens with zero attached hydrogens (tertiary/aromatic N) is 2. The Hall–Kier alpha value is -3.32. The second kappa shape index (κ2) is 9.45. The highest BCUT2D eigenvalue weighted by Crippen LogP contribution is 2.46. The largest absolute Gasteiger partial charge is 0.461 e. The number of fused-ring (bicyclic) bond motifs is 2. The van der Waals surface area contributed by atoms with Crippen LogP contribution in [0.2, 0.25) is 0 Å². The Morgan fingerprint density at radius 1 is 1.24 bits per heavy atom. The highest BCUT2D eigenvalue weighted by molar-refractivity contribution is 6.05. The van der Waals surface area contributed by atoms with Crippen molar-refractivity contribution >= 4 is 17.4 Å². The molecule has 2 fully saturated rings. The summed E-state index contributed by atoms with van der Waals surface area (Å²) in [5.41, 5.74) is -1.75. The molecule has 2 aliphatic carbocycles. The number of hydrogen-bond acceptors (Lipinski definition) is 6.